The Kier molecular flexibility index (Phi) is 4.52. The summed E-state index contributed by atoms with van der Waals surface area (Å²) in [4.78, 5) is 16.4. The summed E-state index contributed by atoms with van der Waals surface area (Å²) in [5.74, 6) is -0.937. The summed E-state index contributed by atoms with van der Waals surface area (Å²) in [6.07, 6.45) is 0. The van der Waals surface area contributed by atoms with Gasteiger partial charge in [0.15, 0.2) is 5.13 Å². The van der Waals surface area contributed by atoms with E-state index in [9.17, 15) is 13.6 Å². The van der Waals surface area contributed by atoms with Gasteiger partial charge in [0.2, 0.25) is 0 Å². The van der Waals surface area contributed by atoms with Crippen molar-refractivity contribution in [2.75, 3.05) is 12.4 Å². The number of methoxy groups -OCH3 is 1. The molecular formula is C17H12F2N2O2S. The summed E-state index contributed by atoms with van der Waals surface area (Å²) in [5.41, 5.74) is 0.717. The van der Waals surface area contributed by atoms with Gasteiger partial charge in [-0.1, -0.05) is 6.07 Å². The van der Waals surface area contributed by atoms with Gasteiger partial charge in [0.05, 0.1) is 12.8 Å². The Labute approximate surface area is 140 Å². The molecule has 1 aromatic heterocycles. The van der Waals surface area contributed by atoms with Crippen molar-refractivity contribution in [3.05, 3.63) is 65.0 Å². The average molecular weight is 346 g/mol. The molecule has 0 aliphatic carbocycles. The first-order valence-corrected chi connectivity index (χ1v) is 7.81. The van der Waals surface area contributed by atoms with Crippen molar-refractivity contribution in [2.24, 2.45) is 0 Å². The molecule has 0 saturated carbocycles. The van der Waals surface area contributed by atoms with Crippen LogP contribution >= 0.6 is 11.3 Å². The lowest BCUT2D eigenvalue weighted by molar-refractivity contribution is 0.102. The Bertz CT molecular complexity index is 896. The molecule has 122 valence electrons. The SMILES string of the molecule is COc1cccc(C(=O)Nc2nc(-c3cc(F)ccc3F)cs2)c1. The summed E-state index contributed by atoms with van der Waals surface area (Å²) in [6, 6.07) is 9.80. The van der Waals surface area contributed by atoms with Gasteiger partial charge in [-0.3, -0.25) is 10.1 Å². The molecule has 0 aliphatic heterocycles. The third kappa shape index (κ3) is 3.41. The lowest BCUT2D eigenvalue weighted by atomic mass is 10.1. The van der Waals surface area contributed by atoms with Crippen LogP contribution in [-0.4, -0.2) is 18.0 Å². The Balaban J connectivity index is 1.81. The number of benzene rings is 2. The molecule has 0 spiro atoms. The molecule has 0 bridgehead atoms. The van der Waals surface area contributed by atoms with E-state index in [1.54, 1.807) is 29.6 Å². The zero-order valence-corrected chi connectivity index (χ0v) is 13.4. The monoisotopic (exact) mass is 346 g/mol. The van der Waals surface area contributed by atoms with Gasteiger partial charge in [-0.25, -0.2) is 13.8 Å². The highest BCUT2D eigenvalue weighted by Gasteiger charge is 2.13. The fourth-order valence-corrected chi connectivity index (χ4v) is 2.79. The minimum absolute atomic E-state index is 0.0492. The van der Waals surface area contributed by atoms with Crippen molar-refractivity contribution in [2.45, 2.75) is 0 Å². The molecule has 1 amide bonds. The minimum Gasteiger partial charge on any atom is -0.497 e. The lowest BCUT2D eigenvalue weighted by Gasteiger charge is -2.04. The van der Waals surface area contributed by atoms with E-state index >= 15 is 0 Å². The standard InChI is InChI=1S/C17H12F2N2O2S/c1-23-12-4-2-3-10(7-12)16(22)21-17-20-15(9-24-17)13-8-11(18)5-6-14(13)19/h2-9H,1H3,(H,20,21,22). The average Bonchev–Trinajstić information content (AvgIpc) is 3.05. The molecule has 7 heteroatoms. The van der Waals surface area contributed by atoms with Gasteiger partial charge in [0.25, 0.3) is 5.91 Å². The maximum absolute atomic E-state index is 13.8. The second-order valence-corrected chi connectivity index (χ2v) is 5.71. The fourth-order valence-electron chi connectivity index (χ4n) is 2.08. The van der Waals surface area contributed by atoms with Crippen molar-refractivity contribution < 1.29 is 18.3 Å². The van der Waals surface area contributed by atoms with Gasteiger partial charge in [0.1, 0.15) is 17.4 Å². The molecule has 0 fully saturated rings. The van der Waals surface area contributed by atoms with Crippen molar-refractivity contribution >= 4 is 22.4 Å². The first-order chi connectivity index (χ1) is 11.6. The molecular weight excluding hydrogens is 334 g/mol. The first kappa shape index (κ1) is 16.1. The van der Waals surface area contributed by atoms with Crippen LogP contribution in [0.4, 0.5) is 13.9 Å². The van der Waals surface area contributed by atoms with E-state index in [1.165, 1.54) is 7.11 Å². The van der Waals surface area contributed by atoms with Crippen LogP contribution in [0.25, 0.3) is 11.3 Å². The van der Waals surface area contributed by atoms with E-state index in [2.05, 4.69) is 10.3 Å². The predicted octanol–water partition coefficient (Wildman–Crippen LogP) is 4.35. The number of hydrogen-bond donors (Lipinski definition) is 1. The number of halogens is 2. The van der Waals surface area contributed by atoms with Crippen molar-refractivity contribution in [1.29, 1.82) is 0 Å². The Hall–Kier alpha value is -2.80. The number of carbonyl (C=O) groups is 1. The molecule has 3 aromatic rings. The zero-order chi connectivity index (χ0) is 17.1. The molecule has 0 aliphatic rings. The first-order valence-electron chi connectivity index (χ1n) is 6.93. The van der Waals surface area contributed by atoms with E-state index < -0.39 is 11.6 Å². The van der Waals surface area contributed by atoms with E-state index in [4.69, 9.17) is 4.74 Å². The van der Waals surface area contributed by atoms with E-state index in [0.29, 0.717) is 16.4 Å². The van der Waals surface area contributed by atoms with Crippen LogP contribution in [0.1, 0.15) is 10.4 Å². The Morgan fingerprint density at radius 1 is 1.21 bits per heavy atom. The van der Waals surface area contributed by atoms with Crippen LogP contribution in [0.5, 0.6) is 5.75 Å². The van der Waals surface area contributed by atoms with Crippen LogP contribution in [0.15, 0.2) is 47.8 Å². The smallest absolute Gasteiger partial charge is 0.257 e. The highest BCUT2D eigenvalue weighted by molar-refractivity contribution is 7.14. The number of ether oxygens (including phenoxy) is 1. The van der Waals surface area contributed by atoms with E-state index in [1.807, 2.05) is 0 Å². The van der Waals surface area contributed by atoms with Crippen molar-refractivity contribution in [3.8, 4) is 17.0 Å². The molecule has 3 rings (SSSR count). The summed E-state index contributed by atoms with van der Waals surface area (Å²) < 4.78 is 32.1. The number of amides is 1. The molecule has 0 saturated heterocycles. The highest BCUT2D eigenvalue weighted by Crippen LogP contribution is 2.28. The van der Waals surface area contributed by atoms with Gasteiger partial charge >= 0.3 is 0 Å². The Morgan fingerprint density at radius 3 is 2.83 bits per heavy atom. The number of anilines is 1. The number of rotatable bonds is 4. The summed E-state index contributed by atoms with van der Waals surface area (Å²) in [6.45, 7) is 0. The molecule has 0 atom stereocenters. The third-order valence-electron chi connectivity index (χ3n) is 3.26. The van der Waals surface area contributed by atoms with Crippen LogP contribution in [-0.2, 0) is 0 Å². The number of nitrogens with one attached hydrogen (secondary N) is 1. The second kappa shape index (κ2) is 6.76. The molecule has 4 nitrogen and oxygen atoms in total. The van der Waals surface area contributed by atoms with Crippen molar-refractivity contribution in [3.63, 3.8) is 0 Å². The molecule has 0 radical (unpaired) electrons. The largest absolute Gasteiger partial charge is 0.497 e. The Morgan fingerprint density at radius 2 is 2.04 bits per heavy atom. The van der Waals surface area contributed by atoms with Gasteiger partial charge in [-0.15, -0.1) is 11.3 Å². The van der Waals surface area contributed by atoms with Crippen LogP contribution in [0, 0.1) is 11.6 Å². The van der Waals surface area contributed by atoms with Crippen molar-refractivity contribution in [1.82, 2.24) is 4.98 Å². The summed E-state index contributed by atoms with van der Waals surface area (Å²) in [5, 5.41) is 4.48. The van der Waals surface area contributed by atoms with Gasteiger partial charge in [0, 0.05) is 16.5 Å². The minimum atomic E-state index is -0.577. The highest BCUT2D eigenvalue weighted by atomic mass is 32.1. The van der Waals surface area contributed by atoms with Gasteiger partial charge in [-0.05, 0) is 36.4 Å². The van der Waals surface area contributed by atoms with E-state index in [0.717, 1.165) is 29.5 Å². The summed E-state index contributed by atoms with van der Waals surface area (Å²) >= 11 is 1.13. The molecule has 2 aromatic carbocycles. The predicted molar refractivity (Wildman–Crippen MR) is 88.4 cm³/mol. The van der Waals surface area contributed by atoms with E-state index in [-0.39, 0.29) is 17.2 Å². The van der Waals surface area contributed by atoms with Crippen LogP contribution in [0.2, 0.25) is 0 Å². The molecule has 1 N–H and O–H groups in total. The number of aromatic nitrogens is 1. The molecule has 1 heterocycles. The number of thiazole rings is 1. The van der Waals surface area contributed by atoms with Crippen LogP contribution < -0.4 is 10.1 Å². The molecule has 0 unspecified atom stereocenters. The third-order valence-corrected chi connectivity index (χ3v) is 4.02. The number of carbonyl (C=O) groups excluding carboxylic acids is 1. The normalized spacial score (nSPS) is 10.5. The maximum atomic E-state index is 13.8. The zero-order valence-electron chi connectivity index (χ0n) is 12.5. The topological polar surface area (TPSA) is 51.2 Å². The molecule has 24 heavy (non-hydrogen) atoms. The van der Waals surface area contributed by atoms with Gasteiger partial charge < -0.3 is 4.74 Å². The number of hydrogen-bond acceptors (Lipinski definition) is 4. The maximum Gasteiger partial charge on any atom is 0.257 e. The fraction of sp³-hybridized carbons (Fsp3) is 0.0588. The van der Waals surface area contributed by atoms with Crippen LogP contribution in [0.3, 0.4) is 0 Å². The number of nitrogens with zero attached hydrogens (tertiary/aromatic N) is 1. The lowest BCUT2D eigenvalue weighted by Crippen LogP contribution is -2.11. The quantitative estimate of drug-likeness (QED) is 0.764. The van der Waals surface area contributed by atoms with Gasteiger partial charge in [-0.2, -0.15) is 0 Å². The summed E-state index contributed by atoms with van der Waals surface area (Å²) in [7, 11) is 1.51. The second-order valence-electron chi connectivity index (χ2n) is 4.85.